The maximum Gasteiger partial charge on any atom is 0.338 e. The lowest BCUT2D eigenvalue weighted by molar-refractivity contribution is -0.139. The van der Waals surface area contributed by atoms with Crippen LogP contribution >= 0.6 is 11.6 Å². The molecular weight excluding hydrogens is 448 g/mol. The van der Waals surface area contributed by atoms with Gasteiger partial charge >= 0.3 is 12.0 Å². The molecule has 0 radical (unpaired) electrons. The first-order valence-corrected chi connectivity index (χ1v) is 11.4. The number of esters is 1. The maximum absolute atomic E-state index is 13.1. The van der Waals surface area contributed by atoms with Crippen LogP contribution in [0.2, 0.25) is 5.02 Å². The minimum absolute atomic E-state index is 0.0323. The third kappa shape index (κ3) is 5.48. The van der Waals surface area contributed by atoms with Gasteiger partial charge in [0.2, 0.25) is 5.91 Å². The molecule has 3 amide bonds. The molecule has 3 rings (SSSR count). The first-order valence-electron chi connectivity index (χ1n) is 11.0. The van der Waals surface area contributed by atoms with E-state index in [0.717, 1.165) is 0 Å². The third-order valence-corrected chi connectivity index (χ3v) is 6.31. The molecule has 10 heteroatoms. The van der Waals surface area contributed by atoms with Gasteiger partial charge in [-0.15, -0.1) is 0 Å². The molecule has 0 spiro atoms. The number of benzene rings is 1. The number of ether oxygens (including phenoxy) is 2. The molecular formula is C23H31ClN4O5. The van der Waals surface area contributed by atoms with Gasteiger partial charge < -0.3 is 19.7 Å². The van der Waals surface area contributed by atoms with E-state index in [9.17, 15) is 14.4 Å². The monoisotopic (exact) mass is 478 g/mol. The van der Waals surface area contributed by atoms with Crippen LogP contribution in [0.4, 0.5) is 4.79 Å². The lowest BCUT2D eigenvalue weighted by Gasteiger charge is -2.42. The lowest BCUT2D eigenvalue weighted by atomic mass is 9.94. The smallest absolute Gasteiger partial charge is 0.338 e. The van der Waals surface area contributed by atoms with Crippen molar-refractivity contribution in [2.75, 3.05) is 53.6 Å². The summed E-state index contributed by atoms with van der Waals surface area (Å²) in [5, 5.41) is 3.33. The van der Waals surface area contributed by atoms with E-state index < -0.39 is 12.0 Å². The molecule has 1 N–H and O–H groups in total. The van der Waals surface area contributed by atoms with E-state index in [1.807, 2.05) is 13.0 Å². The van der Waals surface area contributed by atoms with Crippen molar-refractivity contribution in [1.29, 1.82) is 0 Å². The number of rotatable bonds is 7. The second kappa shape index (κ2) is 11.0. The van der Waals surface area contributed by atoms with Gasteiger partial charge in [0, 0.05) is 57.1 Å². The average molecular weight is 479 g/mol. The van der Waals surface area contributed by atoms with E-state index >= 15 is 0 Å². The molecule has 0 bridgehead atoms. The normalized spacial score (nSPS) is 21.8. The molecule has 1 aromatic carbocycles. The highest BCUT2D eigenvalue weighted by atomic mass is 35.5. The Morgan fingerprint density at radius 2 is 1.97 bits per heavy atom. The maximum atomic E-state index is 13.1. The highest BCUT2D eigenvalue weighted by Gasteiger charge is 2.39. The van der Waals surface area contributed by atoms with Crippen molar-refractivity contribution in [2.24, 2.45) is 0 Å². The molecule has 2 aliphatic heterocycles. The molecule has 0 aromatic heterocycles. The number of halogens is 1. The summed E-state index contributed by atoms with van der Waals surface area (Å²) in [5.41, 5.74) is 1.55. The molecule has 1 aromatic rings. The van der Waals surface area contributed by atoms with Gasteiger partial charge in [-0.1, -0.05) is 29.8 Å². The van der Waals surface area contributed by atoms with Crippen LogP contribution in [0.1, 0.15) is 25.5 Å². The zero-order chi connectivity index (χ0) is 24.1. The fraction of sp³-hybridized carbons (Fsp3) is 0.522. The summed E-state index contributed by atoms with van der Waals surface area (Å²) in [7, 11) is 3.13. The van der Waals surface area contributed by atoms with Gasteiger partial charge in [-0.3, -0.25) is 14.6 Å². The van der Waals surface area contributed by atoms with Gasteiger partial charge in [-0.05, 0) is 25.5 Å². The molecule has 2 heterocycles. The number of nitrogens with zero attached hydrogens (tertiary/aromatic N) is 3. The Morgan fingerprint density at radius 3 is 2.61 bits per heavy atom. The summed E-state index contributed by atoms with van der Waals surface area (Å²) in [4.78, 5) is 43.6. The second-order valence-corrected chi connectivity index (χ2v) is 8.56. The Labute approximate surface area is 199 Å². The number of carbonyl (C=O) groups is 3. The zero-order valence-corrected chi connectivity index (χ0v) is 20.2. The highest BCUT2D eigenvalue weighted by Crippen LogP contribution is 2.34. The van der Waals surface area contributed by atoms with Crippen LogP contribution in [0.25, 0.3) is 0 Å². The van der Waals surface area contributed by atoms with E-state index in [-0.39, 0.29) is 31.2 Å². The number of carbonyl (C=O) groups excluding carboxylic acids is 3. The highest BCUT2D eigenvalue weighted by molar-refractivity contribution is 6.31. The molecule has 0 saturated carbocycles. The van der Waals surface area contributed by atoms with Crippen LogP contribution < -0.4 is 5.32 Å². The van der Waals surface area contributed by atoms with Crippen molar-refractivity contribution in [3.8, 4) is 0 Å². The first kappa shape index (κ1) is 25.0. The lowest BCUT2D eigenvalue weighted by Crippen LogP contribution is -2.56. The van der Waals surface area contributed by atoms with E-state index in [1.54, 1.807) is 37.1 Å². The number of piperazine rings is 1. The quantitative estimate of drug-likeness (QED) is 0.603. The largest absolute Gasteiger partial charge is 0.463 e. The Kier molecular flexibility index (Phi) is 8.34. The molecule has 2 atom stereocenters. The van der Waals surface area contributed by atoms with Crippen molar-refractivity contribution < 1.29 is 23.9 Å². The van der Waals surface area contributed by atoms with Gasteiger partial charge in [0.05, 0.1) is 18.2 Å². The van der Waals surface area contributed by atoms with Crippen molar-refractivity contribution in [3.05, 3.63) is 46.1 Å². The number of hydrogen-bond donors (Lipinski definition) is 1. The molecule has 0 unspecified atom stereocenters. The molecule has 180 valence electrons. The van der Waals surface area contributed by atoms with Gasteiger partial charge in [-0.25, -0.2) is 9.59 Å². The van der Waals surface area contributed by atoms with E-state index in [4.69, 9.17) is 21.1 Å². The van der Waals surface area contributed by atoms with Crippen LogP contribution in [0.15, 0.2) is 35.5 Å². The van der Waals surface area contributed by atoms with Gasteiger partial charge in [0.25, 0.3) is 0 Å². The van der Waals surface area contributed by atoms with Crippen molar-refractivity contribution in [1.82, 2.24) is 20.0 Å². The molecule has 33 heavy (non-hydrogen) atoms. The summed E-state index contributed by atoms with van der Waals surface area (Å²) in [5.74, 6) is -0.546. The SMILES string of the molecule is CCOC(=O)C1=C(CN2CCN(C(=O)COC)[C@@H](C)C2)N(C)C(=O)N[C@@H]1c1ccccc1Cl. The molecule has 1 fully saturated rings. The van der Waals surface area contributed by atoms with Crippen molar-refractivity contribution in [2.45, 2.75) is 25.9 Å². The Balaban J connectivity index is 1.94. The first-order chi connectivity index (χ1) is 15.8. The topological polar surface area (TPSA) is 91.4 Å². The fourth-order valence-corrected chi connectivity index (χ4v) is 4.55. The van der Waals surface area contributed by atoms with Gasteiger partial charge in [-0.2, -0.15) is 0 Å². The van der Waals surface area contributed by atoms with Crippen LogP contribution in [0.5, 0.6) is 0 Å². The number of urea groups is 1. The fourth-order valence-electron chi connectivity index (χ4n) is 4.31. The molecule has 0 aliphatic carbocycles. The van der Waals surface area contributed by atoms with Crippen LogP contribution in [0.3, 0.4) is 0 Å². The molecule has 9 nitrogen and oxygen atoms in total. The predicted molar refractivity (Wildman–Crippen MR) is 124 cm³/mol. The number of methoxy groups -OCH3 is 1. The standard InChI is InChI=1S/C23H31ClN4O5/c1-5-33-22(30)20-18(13-27-10-11-28(15(2)12-27)19(29)14-32-4)26(3)23(31)25-21(20)16-8-6-7-9-17(16)24/h6-9,15,21H,5,10-14H2,1-4H3,(H,25,31)/t15-,21+/m0/s1. The summed E-state index contributed by atoms with van der Waals surface area (Å²) in [6.07, 6.45) is 0. The second-order valence-electron chi connectivity index (χ2n) is 8.15. The molecule has 2 aliphatic rings. The Morgan fingerprint density at radius 1 is 1.24 bits per heavy atom. The van der Waals surface area contributed by atoms with Crippen LogP contribution in [-0.4, -0.2) is 92.2 Å². The van der Waals surface area contributed by atoms with Crippen LogP contribution in [0, 0.1) is 0 Å². The summed E-state index contributed by atoms with van der Waals surface area (Å²) < 4.78 is 10.4. The number of likely N-dealkylation sites (N-methyl/N-ethyl adjacent to an activating group) is 1. The van der Waals surface area contributed by atoms with Crippen LogP contribution in [-0.2, 0) is 19.1 Å². The number of nitrogens with one attached hydrogen (secondary N) is 1. The predicted octanol–water partition coefficient (Wildman–Crippen LogP) is 2.03. The summed E-state index contributed by atoms with van der Waals surface area (Å²) in [6.45, 7) is 6.07. The zero-order valence-electron chi connectivity index (χ0n) is 19.5. The minimum Gasteiger partial charge on any atom is -0.463 e. The van der Waals surface area contributed by atoms with Crippen molar-refractivity contribution in [3.63, 3.8) is 0 Å². The Bertz CT molecular complexity index is 937. The number of amides is 3. The third-order valence-electron chi connectivity index (χ3n) is 5.96. The molecule has 1 saturated heterocycles. The van der Waals surface area contributed by atoms with Gasteiger partial charge in [0.1, 0.15) is 6.61 Å². The van der Waals surface area contributed by atoms with E-state index in [0.29, 0.717) is 48.0 Å². The Hall–Kier alpha value is -2.62. The summed E-state index contributed by atoms with van der Waals surface area (Å²) >= 11 is 6.42. The average Bonchev–Trinajstić information content (AvgIpc) is 2.77. The van der Waals surface area contributed by atoms with Crippen molar-refractivity contribution >= 4 is 29.5 Å². The summed E-state index contributed by atoms with van der Waals surface area (Å²) in [6, 6.07) is 6.03. The van der Waals surface area contributed by atoms with E-state index in [1.165, 1.54) is 12.0 Å². The van der Waals surface area contributed by atoms with E-state index in [2.05, 4.69) is 10.2 Å². The minimum atomic E-state index is -0.724. The number of hydrogen-bond acceptors (Lipinski definition) is 6. The van der Waals surface area contributed by atoms with Gasteiger partial charge in [0.15, 0.2) is 0 Å².